The van der Waals surface area contributed by atoms with Crippen LogP contribution < -0.4 is 5.84 Å². The van der Waals surface area contributed by atoms with E-state index in [4.69, 9.17) is 10.3 Å². The van der Waals surface area contributed by atoms with Crippen molar-refractivity contribution in [2.45, 2.75) is 74.5 Å². The van der Waals surface area contributed by atoms with Gasteiger partial charge in [0.15, 0.2) is 5.82 Å². The largest absolute Gasteiger partial charge is 0.467 e. The molecule has 7 nitrogen and oxygen atoms in total. The van der Waals surface area contributed by atoms with E-state index in [1.54, 1.807) is 10.9 Å². The van der Waals surface area contributed by atoms with Gasteiger partial charge in [-0.1, -0.05) is 11.8 Å². The van der Waals surface area contributed by atoms with E-state index in [1.807, 2.05) is 12.1 Å². The predicted octanol–water partition coefficient (Wildman–Crippen LogP) is 3.55. The summed E-state index contributed by atoms with van der Waals surface area (Å²) in [5.74, 6) is 11.2. The van der Waals surface area contributed by atoms with Crippen molar-refractivity contribution >= 4 is 17.7 Å². The summed E-state index contributed by atoms with van der Waals surface area (Å²) in [5, 5.41) is 9.11. The van der Waals surface area contributed by atoms with Crippen LogP contribution in [0.15, 0.2) is 28.0 Å². The molecule has 0 atom stereocenters. The third-order valence-corrected chi connectivity index (χ3v) is 8.66. The number of hydrogen-bond donors (Lipinski definition) is 1. The smallest absolute Gasteiger partial charge is 0.233 e. The Morgan fingerprint density at radius 1 is 1.20 bits per heavy atom. The Bertz CT molecular complexity index is 900. The third kappa shape index (κ3) is 3.24. The Balaban J connectivity index is 1.23. The van der Waals surface area contributed by atoms with Crippen LogP contribution in [0, 0.1) is 17.8 Å². The topological polar surface area (TPSA) is 90.2 Å². The molecule has 2 aromatic heterocycles. The van der Waals surface area contributed by atoms with Gasteiger partial charge in [0, 0.05) is 11.5 Å². The second kappa shape index (κ2) is 7.04. The highest BCUT2D eigenvalue weighted by atomic mass is 32.2. The van der Waals surface area contributed by atoms with E-state index in [2.05, 4.69) is 15.1 Å². The Hall–Kier alpha value is -1.96. The summed E-state index contributed by atoms with van der Waals surface area (Å²) in [6.45, 7) is 0.557. The number of furan rings is 1. The third-order valence-electron chi connectivity index (χ3n) is 7.73. The molecular formula is C22H29N5O2S. The number of aromatic nitrogens is 3. The van der Waals surface area contributed by atoms with Gasteiger partial charge in [0.05, 0.1) is 18.6 Å². The molecule has 0 aliphatic heterocycles. The number of rotatable bonds is 7. The number of nitrogen functional groups attached to an aromatic ring is 1. The molecule has 5 fully saturated rings. The Kier molecular flexibility index (Phi) is 4.41. The van der Waals surface area contributed by atoms with Crippen LogP contribution in [0.25, 0.3) is 0 Å². The summed E-state index contributed by atoms with van der Waals surface area (Å²) in [6, 6.07) is 3.88. The van der Waals surface area contributed by atoms with E-state index in [9.17, 15) is 4.79 Å². The summed E-state index contributed by atoms with van der Waals surface area (Å²) in [4.78, 5) is 15.7. The van der Waals surface area contributed by atoms with Crippen molar-refractivity contribution in [2.75, 3.05) is 11.6 Å². The van der Waals surface area contributed by atoms with Gasteiger partial charge in [0.1, 0.15) is 5.76 Å². The van der Waals surface area contributed by atoms with Crippen LogP contribution in [-0.4, -0.2) is 37.0 Å². The van der Waals surface area contributed by atoms with Crippen LogP contribution >= 0.6 is 11.8 Å². The molecule has 5 aliphatic rings. The number of thioether (sulfide) groups is 1. The van der Waals surface area contributed by atoms with Crippen molar-refractivity contribution in [3.05, 3.63) is 30.0 Å². The fourth-order valence-corrected chi connectivity index (χ4v) is 7.42. The first-order valence-corrected chi connectivity index (χ1v) is 12.2. The maximum absolute atomic E-state index is 13.6. The first-order chi connectivity index (χ1) is 14.6. The molecule has 5 saturated carbocycles. The molecule has 5 aliphatic carbocycles. The van der Waals surface area contributed by atoms with Gasteiger partial charge in [-0.2, -0.15) is 0 Å². The quantitative estimate of drug-likeness (QED) is 0.537. The number of amides is 1. The number of carbonyl (C=O) groups is 1. The fraction of sp³-hybridized carbons (Fsp3) is 0.682. The van der Waals surface area contributed by atoms with Crippen LogP contribution in [0.3, 0.4) is 0 Å². The standard InChI is InChI=1S/C22H29N5O2S/c23-27-20(17-3-4-17)24-25-21(27)30-13-19(28)26(12-18-2-1-5-29-18)22-9-14-6-15(10-22)8-16(7-14)11-22/h1-2,5,14-17H,3-4,6-13,23H2. The summed E-state index contributed by atoms with van der Waals surface area (Å²) < 4.78 is 7.23. The second-order valence-corrected chi connectivity index (χ2v) is 10.9. The molecule has 2 aromatic rings. The van der Waals surface area contributed by atoms with Crippen LogP contribution in [-0.2, 0) is 11.3 Å². The van der Waals surface area contributed by atoms with E-state index in [0.29, 0.717) is 23.4 Å². The zero-order valence-corrected chi connectivity index (χ0v) is 18.0. The van der Waals surface area contributed by atoms with E-state index in [-0.39, 0.29) is 11.4 Å². The lowest BCUT2D eigenvalue weighted by Crippen LogP contribution is -2.61. The molecule has 160 valence electrons. The van der Waals surface area contributed by atoms with Gasteiger partial charge in [0.2, 0.25) is 11.1 Å². The molecule has 0 aromatic carbocycles. The zero-order chi connectivity index (χ0) is 20.3. The number of nitrogens with two attached hydrogens (primary N) is 1. The van der Waals surface area contributed by atoms with Gasteiger partial charge >= 0.3 is 0 Å². The van der Waals surface area contributed by atoms with Gasteiger partial charge in [0.25, 0.3) is 0 Å². The molecule has 30 heavy (non-hydrogen) atoms. The molecule has 2 N–H and O–H groups in total. The van der Waals surface area contributed by atoms with E-state index >= 15 is 0 Å². The summed E-state index contributed by atoms with van der Waals surface area (Å²) in [6.07, 6.45) is 11.5. The summed E-state index contributed by atoms with van der Waals surface area (Å²) in [7, 11) is 0. The van der Waals surface area contributed by atoms with Crippen molar-refractivity contribution in [3.8, 4) is 0 Å². The molecule has 4 bridgehead atoms. The lowest BCUT2D eigenvalue weighted by Gasteiger charge is -2.60. The van der Waals surface area contributed by atoms with Crippen molar-refractivity contribution in [1.29, 1.82) is 0 Å². The van der Waals surface area contributed by atoms with Gasteiger partial charge in [-0.05, 0) is 81.3 Å². The van der Waals surface area contributed by atoms with E-state index in [1.165, 1.54) is 31.0 Å². The van der Waals surface area contributed by atoms with Crippen molar-refractivity contribution in [3.63, 3.8) is 0 Å². The molecule has 0 spiro atoms. The molecule has 0 radical (unpaired) electrons. The van der Waals surface area contributed by atoms with Gasteiger partial charge in [-0.3, -0.25) is 4.79 Å². The lowest BCUT2D eigenvalue weighted by atomic mass is 9.52. The molecule has 8 heteroatoms. The van der Waals surface area contributed by atoms with Crippen LogP contribution in [0.1, 0.15) is 68.9 Å². The Morgan fingerprint density at radius 3 is 2.50 bits per heavy atom. The second-order valence-electron chi connectivity index (χ2n) is 9.97. The molecule has 2 heterocycles. The summed E-state index contributed by atoms with van der Waals surface area (Å²) >= 11 is 1.41. The molecule has 7 rings (SSSR count). The van der Waals surface area contributed by atoms with E-state index < -0.39 is 0 Å². The zero-order valence-electron chi connectivity index (χ0n) is 17.2. The highest BCUT2D eigenvalue weighted by Crippen LogP contribution is 2.58. The Labute approximate surface area is 180 Å². The maximum atomic E-state index is 13.6. The van der Waals surface area contributed by atoms with Crippen molar-refractivity contribution in [2.24, 2.45) is 17.8 Å². The van der Waals surface area contributed by atoms with Crippen molar-refractivity contribution in [1.82, 2.24) is 19.8 Å². The van der Waals surface area contributed by atoms with Gasteiger partial charge in [-0.25, -0.2) is 4.68 Å². The average molecular weight is 428 g/mol. The SMILES string of the molecule is Nn1c(SCC(=O)N(Cc2ccco2)C23CC4CC(CC(C4)C2)C3)nnc1C1CC1. The Morgan fingerprint density at radius 2 is 1.90 bits per heavy atom. The molecular weight excluding hydrogens is 398 g/mol. The highest BCUT2D eigenvalue weighted by Gasteiger charge is 2.54. The van der Waals surface area contributed by atoms with Crippen LogP contribution in [0.4, 0.5) is 0 Å². The number of nitrogens with zero attached hydrogens (tertiary/aromatic N) is 4. The molecule has 0 unspecified atom stereocenters. The van der Waals surface area contributed by atoms with Crippen LogP contribution in [0.2, 0.25) is 0 Å². The number of hydrogen-bond acceptors (Lipinski definition) is 6. The minimum atomic E-state index is -0.00521. The first kappa shape index (κ1) is 18.8. The van der Waals surface area contributed by atoms with Crippen LogP contribution in [0.5, 0.6) is 0 Å². The summed E-state index contributed by atoms with van der Waals surface area (Å²) in [5.41, 5.74) is -0.00521. The predicted molar refractivity (Wildman–Crippen MR) is 113 cm³/mol. The van der Waals surface area contributed by atoms with Gasteiger partial charge in [-0.15, -0.1) is 10.2 Å². The minimum Gasteiger partial charge on any atom is -0.467 e. The minimum absolute atomic E-state index is 0.00521. The van der Waals surface area contributed by atoms with Crippen molar-refractivity contribution < 1.29 is 9.21 Å². The first-order valence-electron chi connectivity index (χ1n) is 11.3. The van der Waals surface area contributed by atoms with E-state index in [0.717, 1.165) is 61.4 Å². The monoisotopic (exact) mass is 427 g/mol. The normalized spacial score (nSPS) is 31.9. The van der Waals surface area contributed by atoms with Gasteiger partial charge < -0.3 is 15.2 Å². The molecule has 1 amide bonds. The number of carbonyl (C=O) groups excluding carboxylic acids is 1. The fourth-order valence-electron chi connectivity index (χ4n) is 6.69. The average Bonchev–Trinajstić information content (AvgIpc) is 3.28. The lowest BCUT2D eigenvalue weighted by molar-refractivity contribution is -0.150. The maximum Gasteiger partial charge on any atom is 0.233 e. The molecule has 0 saturated heterocycles. The highest BCUT2D eigenvalue weighted by molar-refractivity contribution is 7.99.